The van der Waals surface area contributed by atoms with E-state index in [9.17, 15) is 4.79 Å². The van der Waals surface area contributed by atoms with Crippen molar-refractivity contribution in [1.29, 1.82) is 0 Å². The number of benzene rings is 2. The minimum absolute atomic E-state index is 0.106. The van der Waals surface area contributed by atoms with Crippen LogP contribution in [0.5, 0.6) is 11.5 Å². The second kappa shape index (κ2) is 9.96. The number of carbonyl (C=O) groups excluding carboxylic acids is 1. The lowest BCUT2D eigenvalue weighted by molar-refractivity contribution is -0.115. The molecular formula is C23H25ClN2O3S. The lowest BCUT2D eigenvalue weighted by Crippen LogP contribution is -2.17. The van der Waals surface area contributed by atoms with Crippen molar-refractivity contribution in [2.45, 2.75) is 33.1 Å². The molecule has 7 heteroatoms. The van der Waals surface area contributed by atoms with Crippen molar-refractivity contribution in [1.82, 2.24) is 4.98 Å². The number of ether oxygens (including phenoxy) is 2. The van der Waals surface area contributed by atoms with Crippen LogP contribution in [0.25, 0.3) is 10.6 Å². The van der Waals surface area contributed by atoms with Crippen molar-refractivity contribution < 1.29 is 14.3 Å². The molecule has 0 radical (unpaired) electrons. The van der Waals surface area contributed by atoms with Crippen LogP contribution >= 0.6 is 22.9 Å². The summed E-state index contributed by atoms with van der Waals surface area (Å²) in [4.78, 5) is 17.4. The Balaban J connectivity index is 1.77. The summed E-state index contributed by atoms with van der Waals surface area (Å²) in [6.45, 7) is 4.10. The number of amides is 1. The van der Waals surface area contributed by atoms with Crippen LogP contribution < -0.4 is 14.8 Å². The molecule has 0 aliphatic heterocycles. The van der Waals surface area contributed by atoms with Crippen molar-refractivity contribution in [3.05, 3.63) is 57.6 Å². The molecule has 5 nitrogen and oxygen atoms in total. The minimum atomic E-state index is -0.106. The molecule has 0 saturated heterocycles. The monoisotopic (exact) mass is 444 g/mol. The summed E-state index contributed by atoms with van der Waals surface area (Å²) in [6, 6.07) is 9.52. The van der Waals surface area contributed by atoms with Gasteiger partial charge >= 0.3 is 0 Å². The number of anilines is 1. The fourth-order valence-electron chi connectivity index (χ4n) is 3.31. The normalized spacial score (nSPS) is 10.7. The number of hydrogen-bond donors (Lipinski definition) is 1. The summed E-state index contributed by atoms with van der Waals surface area (Å²) in [6.07, 6.45) is 1.77. The first kappa shape index (κ1) is 22.1. The molecule has 0 saturated carbocycles. The molecule has 2 aromatic carbocycles. The van der Waals surface area contributed by atoms with Crippen LogP contribution in [-0.4, -0.2) is 25.1 Å². The molecule has 1 amide bonds. The Morgan fingerprint density at radius 3 is 2.53 bits per heavy atom. The maximum atomic E-state index is 12.7. The molecule has 158 valence electrons. The summed E-state index contributed by atoms with van der Waals surface area (Å²) in [7, 11) is 3.20. The minimum Gasteiger partial charge on any atom is -0.493 e. The van der Waals surface area contributed by atoms with E-state index in [-0.39, 0.29) is 12.3 Å². The summed E-state index contributed by atoms with van der Waals surface area (Å²) in [5.74, 6) is 1.20. The Labute approximate surface area is 186 Å². The van der Waals surface area contributed by atoms with Gasteiger partial charge in [-0.15, -0.1) is 11.3 Å². The number of nitrogens with one attached hydrogen (secondary N) is 1. The molecule has 30 heavy (non-hydrogen) atoms. The highest BCUT2D eigenvalue weighted by molar-refractivity contribution is 7.13. The van der Waals surface area contributed by atoms with Gasteiger partial charge in [-0.25, -0.2) is 4.98 Å². The third kappa shape index (κ3) is 4.77. The van der Waals surface area contributed by atoms with E-state index in [1.165, 1.54) is 11.3 Å². The predicted octanol–water partition coefficient (Wildman–Crippen LogP) is 5.79. The van der Waals surface area contributed by atoms with E-state index < -0.39 is 0 Å². The lowest BCUT2D eigenvalue weighted by Gasteiger charge is -2.15. The van der Waals surface area contributed by atoms with E-state index in [4.69, 9.17) is 21.1 Å². The molecular weight excluding hydrogens is 420 g/mol. The average Bonchev–Trinajstić information content (AvgIpc) is 3.21. The number of halogens is 1. The SMILES string of the molecule is CCc1ccc(Cl)c(CC)c1NC(=O)Cc1csc(-c2ccc(OC)c(OC)c2)n1. The molecule has 1 aromatic heterocycles. The first-order valence-electron chi connectivity index (χ1n) is 9.77. The second-order valence-electron chi connectivity index (χ2n) is 6.71. The topological polar surface area (TPSA) is 60.5 Å². The van der Waals surface area contributed by atoms with Gasteiger partial charge in [0.15, 0.2) is 11.5 Å². The Bertz CT molecular complexity index is 1050. The van der Waals surface area contributed by atoms with Gasteiger partial charge in [0.2, 0.25) is 5.91 Å². The largest absolute Gasteiger partial charge is 0.493 e. The van der Waals surface area contributed by atoms with Gasteiger partial charge in [0.1, 0.15) is 5.01 Å². The Morgan fingerprint density at radius 1 is 1.10 bits per heavy atom. The molecule has 0 atom stereocenters. The summed E-state index contributed by atoms with van der Waals surface area (Å²) < 4.78 is 10.6. The van der Waals surface area contributed by atoms with Crippen LogP contribution in [0.2, 0.25) is 5.02 Å². The molecule has 3 rings (SSSR count). The van der Waals surface area contributed by atoms with E-state index in [0.29, 0.717) is 16.5 Å². The van der Waals surface area contributed by atoms with E-state index >= 15 is 0 Å². The van der Waals surface area contributed by atoms with Crippen molar-refractivity contribution in [2.24, 2.45) is 0 Å². The first-order valence-corrected chi connectivity index (χ1v) is 11.0. The Morgan fingerprint density at radius 2 is 1.87 bits per heavy atom. The maximum absolute atomic E-state index is 12.7. The van der Waals surface area contributed by atoms with Crippen molar-refractivity contribution in [3.63, 3.8) is 0 Å². The second-order valence-corrected chi connectivity index (χ2v) is 7.97. The zero-order valence-electron chi connectivity index (χ0n) is 17.5. The molecule has 1 N–H and O–H groups in total. The maximum Gasteiger partial charge on any atom is 0.230 e. The third-order valence-corrected chi connectivity index (χ3v) is 6.16. The molecule has 0 aliphatic rings. The number of aryl methyl sites for hydroxylation is 1. The van der Waals surface area contributed by atoms with Crippen molar-refractivity contribution in [3.8, 4) is 22.1 Å². The number of carbonyl (C=O) groups is 1. The van der Waals surface area contributed by atoms with Gasteiger partial charge in [-0.1, -0.05) is 31.5 Å². The van der Waals surface area contributed by atoms with E-state index in [2.05, 4.69) is 17.2 Å². The van der Waals surface area contributed by atoms with Crippen LogP contribution in [0.4, 0.5) is 5.69 Å². The van der Waals surface area contributed by atoms with Crippen LogP contribution in [0.15, 0.2) is 35.7 Å². The van der Waals surface area contributed by atoms with Crippen LogP contribution in [0.1, 0.15) is 30.7 Å². The van der Waals surface area contributed by atoms with E-state index in [0.717, 1.165) is 45.9 Å². The van der Waals surface area contributed by atoms with Gasteiger partial charge in [0, 0.05) is 21.7 Å². The Kier molecular flexibility index (Phi) is 7.34. The fourth-order valence-corrected chi connectivity index (χ4v) is 4.41. The number of methoxy groups -OCH3 is 2. The van der Waals surface area contributed by atoms with E-state index in [1.807, 2.05) is 42.6 Å². The van der Waals surface area contributed by atoms with Gasteiger partial charge in [-0.3, -0.25) is 4.79 Å². The lowest BCUT2D eigenvalue weighted by atomic mass is 10.0. The summed E-state index contributed by atoms with van der Waals surface area (Å²) >= 11 is 7.83. The van der Waals surface area contributed by atoms with E-state index in [1.54, 1.807) is 14.2 Å². The van der Waals surface area contributed by atoms with Crippen LogP contribution in [-0.2, 0) is 24.1 Å². The molecule has 0 spiro atoms. The van der Waals surface area contributed by atoms with Crippen molar-refractivity contribution >= 4 is 34.5 Å². The van der Waals surface area contributed by atoms with Gasteiger partial charge in [0.25, 0.3) is 0 Å². The molecule has 0 aliphatic carbocycles. The average molecular weight is 445 g/mol. The van der Waals surface area contributed by atoms with Gasteiger partial charge in [-0.2, -0.15) is 0 Å². The third-order valence-electron chi connectivity index (χ3n) is 4.86. The number of nitrogens with zero attached hydrogens (tertiary/aromatic N) is 1. The molecule has 0 fully saturated rings. The first-order chi connectivity index (χ1) is 14.5. The predicted molar refractivity (Wildman–Crippen MR) is 123 cm³/mol. The number of hydrogen-bond acceptors (Lipinski definition) is 5. The van der Waals surface area contributed by atoms with Gasteiger partial charge in [0.05, 0.1) is 26.3 Å². The number of aromatic nitrogens is 1. The smallest absolute Gasteiger partial charge is 0.230 e. The highest BCUT2D eigenvalue weighted by atomic mass is 35.5. The highest BCUT2D eigenvalue weighted by Crippen LogP contribution is 2.34. The molecule has 3 aromatic rings. The summed E-state index contributed by atoms with van der Waals surface area (Å²) in [5, 5.41) is 6.46. The van der Waals surface area contributed by atoms with Crippen LogP contribution in [0.3, 0.4) is 0 Å². The highest BCUT2D eigenvalue weighted by Gasteiger charge is 2.15. The Hall–Kier alpha value is -2.57. The number of rotatable bonds is 8. The molecule has 0 bridgehead atoms. The van der Waals surface area contributed by atoms with Gasteiger partial charge < -0.3 is 14.8 Å². The number of thiazole rings is 1. The van der Waals surface area contributed by atoms with Crippen molar-refractivity contribution in [2.75, 3.05) is 19.5 Å². The quantitative estimate of drug-likeness (QED) is 0.478. The zero-order chi connectivity index (χ0) is 21.7. The van der Waals surface area contributed by atoms with Gasteiger partial charge in [-0.05, 0) is 48.2 Å². The standard InChI is InChI=1S/C23H25ClN2O3S/c1-5-14-7-9-18(24)17(6-2)22(14)26-21(27)12-16-13-30-23(25-16)15-8-10-19(28-3)20(11-15)29-4/h7-11,13H,5-6,12H2,1-4H3,(H,26,27). The fraction of sp³-hybridized carbons (Fsp3) is 0.304. The zero-order valence-corrected chi connectivity index (χ0v) is 19.1. The summed E-state index contributed by atoms with van der Waals surface area (Å²) in [5.41, 5.74) is 4.51. The molecule has 1 heterocycles. The molecule has 0 unspecified atom stereocenters. The van der Waals surface area contributed by atoms with Crippen LogP contribution in [0, 0.1) is 0 Å².